The van der Waals surface area contributed by atoms with Crippen molar-refractivity contribution in [3.63, 3.8) is 0 Å². The zero-order chi connectivity index (χ0) is 12.5. The van der Waals surface area contributed by atoms with E-state index in [1.54, 1.807) is 0 Å². The van der Waals surface area contributed by atoms with Gasteiger partial charge in [-0.3, -0.25) is 0 Å². The maximum absolute atomic E-state index is 10.8. The summed E-state index contributed by atoms with van der Waals surface area (Å²) in [5.74, 6) is -0.225. The molecule has 2 atom stereocenters. The van der Waals surface area contributed by atoms with Gasteiger partial charge in [0.05, 0.1) is 17.3 Å². The van der Waals surface area contributed by atoms with Crippen LogP contribution in [0.1, 0.15) is 51.4 Å². The fraction of sp³-hybridized carbons (Fsp3) is 1.00. The lowest BCUT2D eigenvalue weighted by Crippen LogP contribution is -2.62. The van der Waals surface area contributed by atoms with Crippen molar-refractivity contribution in [1.29, 1.82) is 0 Å². The van der Waals surface area contributed by atoms with Crippen LogP contribution < -0.4 is 0 Å². The lowest BCUT2D eigenvalue weighted by Gasteiger charge is -2.52. The molecule has 0 heterocycles. The van der Waals surface area contributed by atoms with Crippen molar-refractivity contribution in [3.8, 4) is 0 Å². The summed E-state index contributed by atoms with van der Waals surface area (Å²) in [6.07, 6.45) is 4.83. The van der Waals surface area contributed by atoms with Crippen LogP contribution in [0.4, 0.5) is 0 Å². The third kappa shape index (κ3) is 2.24. The van der Waals surface area contributed by atoms with Crippen LogP contribution in [0.3, 0.4) is 0 Å². The fourth-order valence-corrected chi connectivity index (χ4v) is 3.60. The lowest BCUT2D eigenvalue weighted by molar-refractivity contribution is -0.220. The molecular formula is C13H24O4. The van der Waals surface area contributed by atoms with Gasteiger partial charge < -0.3 is 20.4 Å². The van der Waals surface area contributed by atoms with E-state index >= 15 is 0 Å². The van der Waals surface area contributed by atoms with Crippen LogP contribution in [0.2, 0.25) is 0 Å². The molecule has 4 nitrogen and oxygen atoms in total. The van der Waals surface area contributed by atoms with Gasteiger partial charge in [0.2, 0.25) is 0 Å². The Hall–Kier alpha value is -0.160. The van der Waals surface area contributed by atoms with Crippen molar-refractivity contribution in [1.82, 2.24) is 0 Å². The highest BCUT2D eigenvalue weighted by Gasteiger charge is 2.55. The summed E-state index contributed by atoms with van der Waals surface area (Å²) in [5, 5.41) is 40.4. The molecule has 0 amide bonds. The quantitative estimate of drug-likeness (QED) is 0.572. The summed E-state index contributed by atoms with van der Waals surface area (Å²) >= 11 is 0. The molecule has 0 aromatic rings. The highest BCUT2D eigenvalue weighted by atomic mass is 16.4. The molecule has 2 rings (SSSR count). The first-order valence-corrected chi connectivity index (χ1v) is 6.75. The summed E-state index contributed by atoms with van der Waals surface area (Å²) < 4.78 is 0. The summed E-state index contributed by atoms with van der Waals surface area (Å²) in [7, 11) is 0. The maximum Gasteiger partial charge on any atom is 0.0983 e. The fourth-order valence-electron chi connectivity index (χ4n) is 3.60. The third-order valence-corrected chi connectivity index (χ3v) is 4.84. The summed E-state index contributed by atoms with van der Waals surface area (Å²) in [4.78, 5) is 0. The van der Waals surface area contributed by atoms with E-state index in [9.17, 15) is 20.4 Å². The van der Waals surface area contributed by atoms with E-state index in [0.29, 0.717) is 32.1 Å². The van der Waals surface area contributed by atoms with Crippen LogP contribution in [-0.2, 0) is 0 Å². The van der Waals surface area contributed by atoms with E-state index < -0.39 is 11.2 Å². The van der Waals surface area contributed by atoms with Gasteiger partial charge in [-0.1, -0.05) is 12.8 Å². The largest absolute Gasteiger partial charge is 0.396 e. The third-order valence-electron chi connectivity index (χ3n) is 4.84. The van der Waals surface area contributed by atoms with Crippen LogP contribution in [0.15, 0.2) is 0 Å². The molecule has 100 valence electrons. The SMILES string of the molecule is OCC1CCCCC1(O)C1(O)CCC(O)CC1. The number of aliphatic hydroxyl groups is 4. The highest BCUT2D eigenvalue weighted by Crippen LogP contribution is 2.47. The van der Waals surface area contributed by atoms with Crippen molar-refractivity contribution in [2.45, 2.75) is 68.7 Å². The molecule has 2 aliphatic carbocycles. The highest BCUT2D eigenvalue weighted by molar-refractivity contribution is 5.06. The molecule has 2 fully saturated rings. The minimum absolute atomic E-state index is 0.0681. The molecule has 0 spiro atoms. The second-order valence-corrected chi connectivity index (χ2v) is 5.81. The molecule has 2 aliphatic rings. The number of rotatable bonds is 2. The lowest BCUT2D eigenvalue weighted by atomic mass is 9.61. The minimum atomic E-state index is -1.17. The molecular weight excluding hydrogens is 220 g/mol. The number of aliphatic hydroxyl groups excluding tert-OH is 2. The Balaban J connectivity index is 2.17. The molecule has 2 saturated carbocycles. The molecule has 0 aromatic carbocycles. The molecule has 0 radical (unpaired) electrons. The van der Waals surface area contributed by atoms with Crippen LogP contribution in [0.25, 0.3) is 0 Å². The smallest absolute Gasteiger partial charge is 0.0983 e. The summed E-state index contributed by atoms with van der Waals surface area (Å²) in [6, 6.07) is 0. The monoisotopic (exact) mass is 244 g/mol. The van der Waals surface area contributed by atoms with E-state index in [1.165, 1.54) is 0 Å². The standard InChI is InChI=1S/C13H24O4/c14-9-10-3-1-2-6-13(10,17)12(16)7-4-11(15)5-8-12/h10-11,14-17H,1-9H2. The van der Waals surface area contributed by atoms with E-state index in [4.69, 9.17) is 0 Å². The van der Waals surface area contributed by atoms with Gasteiger partial charge in [-0.2, -0.15) is 0 Å². The van der Waals surface area contributed by atoms with Gasteiger partial charge in [0.1, 0.15) is 0 Å². The zero-order valence-corrected chi connectivity index (χ0v) is 10.3. The van der Waals surface area contributed by atoms with Crippen molar-refractivity contribution in [2.24, 2.45) is 5.92 Å². The predicted octanol–water partition coefficient (Wildman–Crippen LogP) is 0.566. The number of hydrogen-bond donors (Lipinski definition) is 4. The Bertz CT molecular complexity index is 260. The molecule has 0 saturated heterocycles. The minimum Gasteiger partial charge on any atom is -0.396 e. The van der Waals surface area contributed by atoms with Gasteiger partial charge in [0, 0.05) is 12.5 Å². The van der Waals surface area contributed by atoms with E-state index in [0.717, 1.165) is 19.3 Å². The Morgan fingerprint density at radius 3 is 2.18 bits per heavy atom. The van der Waals surface area contributed by atoms with Crippen molar-refractivity contribution < 1.29 is 20.4 Å². The molecule has 0 bridgehead atoms. The van der Waals surface area contributed by atoms with Crippen LogP contribution >= 0.6 is 0 Å². The molecule has 2 unspecified atom stereocenters. The van der Waals surface area contributed by atoms with Gasteiger partial charge >= 0.3 is 0 Å². The molecule has 4 heteroatoms. The van der Waals surface area contributed by atoms with E-state index in [2.05, 4.69) is 0 Å². The topological polar surface area (TPSA) is 80.9 Å². The van der Waals surface area contributed by atoms with E-state index in [-0.39, 0.29) is 18.6 Å². The van der Waals surface area contributed by atoms with Crippen LogP contribution in [0.5, 0.6) is 0 Å². The van der Waals surface area contributed by atoms with Gasteiger partial charge in [-0.05, 0) is 38.5 Å². The normalized spacial score (nSPS) is 48.0. The number of hydrogen-bond acceptors (Lipinski definition) is 4. The average Bonchev–Trinajstić information content (AvgIpc) is 2.33. The molecule has 17 heavy (non-hydrogen) atoms. The first-order valence-electron chi connectivity index (χ1n) is 6.75. The first kappa shape index (κ1) is 13.3. The van der Waals surface area contributed by atoms with Crippen molar-refractivity contribution in [3.05, 3.63) is 0 Å². The summed E-state index contributed by atoms with van der Waals surface area (Å²) in [6.45, 7) is -0.0681. The molecule has 4 N–H and O–H groups in total. The van der Waals surface area contributed by atoms with Gasteiger partial charge in [0.15, 0.2) is 0 Å². The summed E-state index contributed by atoms with van der Waals surface area (Å²) in [5.41, 5.74) is -2.29. The van der Waals surface area contributed by atoms with Crippen molar-refractivity contribution in [2.75, 3.05) is 6.61 Å². The van der Waals surface area contributed by atoms with Gasteiger partial charge in [0.25, 0.3) is 0 Å². The Morgan fingerprint density at radius 2 is 1.59 bits per heavy atom. The average molecular weight is 244 g/mol. The van der Waals surface area contributed by atoms with Gasteiger partial charge in [-0.25, -0.2) is 0 Å². The second kappa shape index (κ2) is 4.84. The Kier molecular flexibility index (Phi) is 3.78. The van der Waals surface area contributed by atoms with Crippen LogP contribution in [-0.4, -0.2) is 44.3 Å². The zero-order valence-electron chi connectivity index (χ0n) is 10.3. The Morgan fingerprint density at radius 1 is 0.941 bits per heavy atom. The molecule has 0 aromatic heterocycles. The molecule has 0 aliphatic heterocycles. The van der Waals surface area contributed by atoms with Crippen molar-refractivity contribution >= 4 is 0 Å². The second-order valence-electron chi connectivity index (χ2n) is 5.81. The predicted molar refractivity (Wildman–Crippen MR) is 63.4 cm³/mol. The van der Waals surface area contributed by atoms with Crippen LogP contribution in [0, 0.1) is 5.92 Å². The maximum atomic E-state index is 10.8. The Labute approximate surface area is 102 Å². The first-order chi connectivity index (χ1) is 8.02. The van der Waals surface area contributed by atoms with Gasteiger partial charge in [-0.15, -0.1) is 0 Å². The van der Waals surface area contributed by atoms with E-state index in [1.807, 2.05) is 0 Å².